The zero-order chi connectivity index (χ0) is 8.97. The molecule has 1 aromatic heterocycles. The Morgan fingerprint density at radius 2 is 2.50 bits per heavy atom. The van der Waals surface area contributed by atoms with Gasteiger partial charge in [0.1, 0.15) is 5.82 Å². The van der Waals surface area contributed by atoms with E-state index < -0.39 is 0 Å². The van der Waals surface area contributed by atoms with Crippen molar-refractivity contribution in [2.24, 2.45) is 0 Å². The van der Waals surface area contributed by atoms with E-state index in [1.165, 1.54) is 5.69 Å². The Morgan fingerprint density at radius 3 is 3.08 bits per heavy atom. The van der Waals surface area contributed by atoms with Crippen LogP contribution in [0.2, 0.25) is 0 Å². The third-order valence-electron chi connectivity index (χ3n) is 1.81. The number of rotatable bonds is 4. The summed E-state index contributed by atoms with van der Waals surface area (Å²) in [6.45, 7) is 7.40. The molecule has 0 amide bonds. The van der Waals surface area contributed by atoms with Crippen LogP contribution < -0.4 is 5.32 Å². The van der Waals surface area contributed by atoms with Gasteiger partial charge in [-0.1, -0.05) is 6.08 Å². The Morgan fingerprint density at radius 1 is 1.75 bits per heavy atom. The predicted octanol–water partition coefficient (Wildman–Crippen LogP) is 1.10. The number of aryl methyl sites for hydroxylation is 1. The number of hydrogen-bond donors (Lipinski definition) is 1. The summed E-state index contributed by atoms with van der Waals surface area (Å²) in [6, 6.07) is 0. The predicted molar refractivity (Wildman–Crippen MR) is 49.9 cm³/mol. The van der Waals surface area contributed by atoms with Crippen molar-refractivity contribution in [2.45, 2.75) is 20.0 Å². The molecule has 0 saturated heterocycles. The fraction of sp³-hybridized carbons (Fsp3) is 0.444. The van der Waals surface area contributed by atoms with E-state index >= 15 is 0 Å². The van der Waals surface area contributed by atoms with Gasteiger partial charge >= 0.3 is 0 Å². The van der Waals surface area contributed by atoms with Gasteiger partial charge in [0.05, 0.1) is 5.69 Å². The summed E-state index contributed by atoms with van der Waals surface area (Å²) >= 11 is 0. The molecule has 0 bridgehead atoms. The summed E-state index contributed by atoms with van der Waals surface area (Å²) in [5.74, 6) is 1.04. The summed E-state index contributed by atoms with van der Waals surface area (Å²) < 4.78 is 2.14. The molecule has 12 heavy (non-hydrogen) atoms. The minimum Gasteiger partial charge on any atom is -0.327 e. The molecular weight excluding hydrogens is 150 g/mol. The average Bonchev–Trinajstić information content (AvgIpc) is 2.37. The maximum absolute atomic E-state index is 4.23. The number of allylic oxidation sites excluding steroid dienone is 1. The lowest BCUT2D eigenvalue weighted by molar-refractivity contribution is 0.686. The molecule has 3 nitrogen and oxygen atoms in total. The Hall–Kier alpha value is -1.09. The lowest BCUT2D eigenvalue weighted by Gasteiger charge is -2.06. The van der Waals surface area contributed by atoms with Crippen molar-refractivity contribution in [3.05, 3.63) is 30.4 Å². The monoisotopic (exact) mass is 165 g/mol. The minimum atomic E-state index is 0.836. The highest BCUT2D eigenvalue weighted by Crippen LogP contribution is 2.03. The zero-order valence-electron chi connectivity index (χ0n) is 7.67. The normalized spacial score (nSPS) is 10.2. The second-order valence-corrected chi connectivity index (χ2v) is 2.73. The van der Waals surface area contributed by atoms with Gasteiger partial charge in [0.15, 0.2) is 0 Å². The number of aromatic nitrogens is 2. The highest BCUT2D eigenvalue weighted by atomic mass is 15.1. The molecular formula is C9H15N3. The summed E-state index contributed by atoms with van der Waals surface area (Å²) in [4.78, 5) is 4.23. The minimum absolute atomic E-state index is 0.836. The highest BCUT2D eigenvalue weighted by molar-refractivity contribution is 5.05. The summed E-state index contributed by atoms with van der Waals surface area (Å²) in [5.41, 5.74) is 1.20. The second kappa shape index (κ2) is 4.07. The molecule has 0 atom stereocenters. The lowest BCUT2D eigenvalue weighted by atomic mass is 10.4. The first-order chi connectivity index (χ1) is 5.79. The molecule has 1 N–H and O–H groups in total. The van der Waals surface area contributed by atoms with E-state index in [2.05, 4.69) is 21.4 Å². The van der Waals surface area contributed by atoms with E-state index in [0.717, 1.165) is 18.9 Å². The first-order valence-electron chi connectivity index (χ1n) is 4.06. The quantitative estimate of drug-likeness (QED) is 0.677. The molecule has 0 aliphatic heterocycles. The molecule has 0 fully saturated rings. The van der Waals surface area contributed by atoms with E-state index in [0.29, 0.717) is 0 Å². The van der Waals surface area contributed by atoms with E-state index in [9.17, 15) is 0 Å². The van der Waals surface area contributed by atoms with E-state index in [-0.39, 0.29) is 0 Å². The first-order valence-corrected chi connectivity index (χ1v) is 4.06. The van der Waals surface area contributed by atoms with Gasteiger partial charge in [0, 0.05) is 19.3 Å². The molecule has 1 heterocycles. The molecule has 0 aliphatic rings. The Balaban J connectivity index is 2.86. The fourth-order valence-corrected chi connectivity index (χ4v) is 1.22. The van der Waals surface area contributed by atoms with Crippen molar-refractivity contribution >= 4 is 0 Å². The molecule has 1 aromatic rings. The van der Waals surface area contributed by atoms with Crippen LogP contribution >= 0.6 is 0 Å². The van der Waals surface area contributed by atoms with E-state index in [1.807, 2.05) is 26.2 Å². The fourth-order valence-electron chi connectivity index (χ4n) is 1.22. The molecule has 0 radical (unpaired) electrons. The van der Waals surface area contributed by atoms with Gasteiger partial charge in [-0.15, -0.1) is 6.58 Å². The van der Waals surface area contributed by atoms with Gasteiger partial charge in [-0.2, -0.15) is 0 Å². The van der Waals surface area contributed by atoms with Gasteiger partial charge in [-0.3, -0.25) is 0 Å². The Kier molecular flexibility index (Phi) is 3.05. The topological polar surface area (TPSA) is 29.9 Å². The smallest absolute Gasteiger partial charge is 0.106 e. The third-order valence-corrected chi connectivity index (χ3v) is 1.81. The van der Waals surface area contributed by atoms with Crippen molar-refractivity contribution in [3.8, 4) is 0 Å². The molecule has 66 valence electrons. The lowest BCUT2D eigenvalue weighted by Crippen LogP contribution is -2.11. The van der Waals surface area contributed by atoms with E-state index in [1.54, 1.807) is 0 Å². The largest absolute Gasteiger partial charge is 0.327 e. The zero-order valence-corrected chi connectivity index (χ0v) is 7.67. The van der Waals surface area contributed by atoms with Crippen LogP contribution in [-0.2, 0) is 13.1 Å². The van der Waals surface area contributed by atoms with Crippen molar-refractivity contribution < 1.29 is 0 Å². The first kappa shape index (κ1) is 9.00. The number of nitrogens with zero attached hydrogens (tertiary/aromatic N) is 2. The molecule has 3 heteroatoms. The summed E-state index contributed by atoms with van der Waals surface area (Å²) in [5, 5.41) is 3.10. The van der Waals surface area contributed by atoms with Crippen molar-refractivity contribution in [1.29, 1.82) is 0 Å². The van der Waals surface area contributed by atoms with Gasteiger partial charge in [-0.25, -0.2) is 4.98 Å². The maximum Gasteiger partial charge on any atom is 0.106 e. The molecule has 0 unspecified atom stereocenters. The van der Waals surface area contributed by atoms with Gasteiger partial charge < -0.3 is 9.88 Å². The second-order valence-electron chi connectivity index (χ2n) is 2.73. The number of nitrogens with one attached hydrogen (secondary N) is 1. The Labute approximate surface area is 73.1 Å². The highest BCUT2D eigenvalue weighted by Gasteiger charge is 2.02. The maximum atomic E-state index is 4.23. The van der Waals surface area contributed by atoms with Crippen molar-refractivity contribution in [2.75, 3.05) is 7.05 Å². The van der Waals surface area contributed by atoms with E-state index in [4.69, 9.17) is 0 Å². The molecule has 0 saturated carbocycles. The van der Waals surface area contributed by atoms with Gasteiger partial charge in [-0.05, 0) is 14.0 Å². The van der Waals surface area contributed by atoms with Crippen molar-refractivity contribution in [1.82, 2.24) is 14.9 Å². The van der Waals surface area contributed by atoms with Crippen LogP contribution in [0.5, 0.6) is 0 Å². The van der Waals surface area contributed by atoms with Crippen LogP contribution in [0.25, 0.3) is 0 Å². The average molecular weight is 165 g/mol. The SMILES string of the molecule is C=CCn1c(CNC)cnc1C. The number of hydrogen-bond acceptors (Lipinski definition) is 2. The molecule has 0 spiro atoms. The van der Waals surface area contributed by atoms with Crippen LogP contribution in [0.4, 0.5) is 0 Å². The summed E-state index contributed by atoms with van der Waals surface area (Å²) in [7, 11) is 1.93. The van der Waals surface area contributed by atoms with Crippen LogP contribution in [-0.4, -0.2) is 16.6 Å². The standard InChI is InChI=1S/C9H15N3/c1-4-5-12-8(2)11-7-9(12)6-10-3/h4,7,10H,1,5-6H2,2-3H3. The Bertz CT molecular complexity index is 263. The molecule has 1 rings (SSSR count). The molecule has 0 aromatic carbocycles. The molecule has 0 aliphatic carbocycles. The van der Waals surface area contributed by atoms with Crippen LogP contribution in [0, 0.1) is 6.92 Å². The van der Waals surface area contributed by atoms with Gasteiger partial charge in [0.25, 0.3) is 0 Å². The van der Waals surface area contributed by atoms with Crippen LogP contribution in [0.15, 0.2) is 18.9 Å². The number of imidazole rings is 1. The summed E-state index contributed by atoms with van der Waals surface area (Å²) in [6.07, 6.45) is 3.78. The third kappa shape index (κ3) is 1.74. The van der Waals surface area contributed by atoms with Gasteiger partial charge in [0.2, 0.25) is 0 Å². The van der Waals surface area contributed by atoms with Crippen molar-refractivity contribution in [3.63, 3.8) is 0 Å². The van der Waals surface area contributed by atoms with Crippen LogP contribution in [0.3, 0.4) is 0 Å². The van der Waals surface area contributed by atoms with Crippen LogP contribution in [0.1, 0.15) is 11.5 Å².